The van der Waals surface area contributed by atoms with E-state index in [2.05, 4.69) is 10.3 Å². The Morgan fingerprint density at radius 2 is 1.95 bits per heavy atom. The van der Waals surface area contributed by atoms with Crippen molar-refractivity contribution < 1.29 is 19.4 Å². The lowest BCUT2D eigenvalue weighted by molar-refractivity contribution is -0.135. The Hall–Kier alpha value is -2.50. The third kappa shape index (κ3) is 4.00. The van der Waals surface area contributed by atoms with Crippen LogP contribution >= 0.6 is 0 Å². The smallest absolute Gasteiger partial charge is 0.325 e. The molecule has 6 heteroatoms. The van der Waals surface area contributed by atoms with Crippen LogP contribution in [0.25, 0.3) is 0 Å². The first kappa shape index (κ1) is 15.9. The largest absolute Gasteiger partial charge is 0.497 e. The van der Waals surface area contributed by atoms with Gasteiger partial charge >= 0.3 is 5.97 Å². The number of carboxylic acids is 1. The van der Waals surface area contributed by atoms with Crippen LogP contribution in [0.2, 0.25) is 0 Å². The van der Waals surface area contributed by atoms with Crippen LogP contribution in [0.5, 0.6) is 5.75 Å². The molecule has 0 bridgehead atoms. The number of aliphatic carboxylic acids is 1. The number of rotatable bonds is 6. The minimum absolute atomic E-state index is 0.238. The van der Waals surface area contributed by atoms with Gasteiger partial charge in [-0.15, -0.1) is 0 Å². The number of anilines is 1. The van der Waals surface area contributed by atoms with Crippen LogP contribution in [0.4, 0.5) is 5.69 Å². The summed E-state index contributed by atoms with van der Waals surface area (Å²) >= 11 is 0. The second-order valence-corrected chi connectivity index (χ2v) is 4.88. The molecule has 0 atom stereocenters. The van der Waals surface area contributed by atoms with Crippen LogP contribution in [-0.4, -0.2) is 37.6 Å². The molecule has 0 saturated heterocycles. The van der Waals surface area contributed by atoms with Gasteiger partial charge in [0.25, 0.3) is 0 Å². The van der Waals surface area contributed by atoms with E-state index in [0.29, 0.717) is 11.5 Å². The van der Waals surface area contributed by atoms with E-state index in [1.807, 2.05) is 24.3 Å². The van der Waals surface area contributed by atoms with Crippen molar-refractivity contribution in [1.82, 2.24) is 0 Å². The maximum absolute atomic E-state index is 10.7. The molecular formula is C16H20N2O4. The number of hydrogen-bond acceptors (Lipinski definition) is 5. The predicted molar refractivity (Wildman–Crippen MR) is 84.4 cm³/mol. The molecule has 0 unspecified atom stereocenters. The molecule has 1 aromatic carbocycles. The standard InChI is InChI=1S/C16H20N2O4/c1-21-12-8-6-11(7-9-12)18-14-5-3-4-13(16(14)22-2)17-10-15(19)20/h6-9,18H,3-5,10H2,1-2H3,(H,19,20). The molecule has 0 aliphatic heterocycles. The molecule has 2 N–H and O–H groups in total. The molecule has 0 radical (unpaired) electrons. The van der Waals surface area contributed by atoms with E-state index in [4.69, 9.17) is 14.6 Å². The highest BCUT2D eigenvalue weighted by atomic mass is 16.5. The molecule has 0 heterocycles. The lowest BCUT2D eigenvalue weighted by Crippen LogP contribution is -2.19. The number of carbonyl (C=O) groups is 1. The van der Waals surface area contributed by atoms with Gasteiger partial charge in [0.1, 0.15) is 12.3 Å². The van der Waals surface area contributed by atoms with Gasteiger partial charge in [-0.25, -0.2) is 0 Å². The summed E-state index contributed by atoms with van der Waals surface area (Å²) < 4.78 is 10.6. The number of nitrogens with one attached hydrogen (secondary N) is 1. The average molecular weight is 304 g/mol. The summed E-state index contributed by atoms with van der Waals surface area (Å²) in [5.74, 6) is 0.486. The van der Waals surface area contributed by atoms with Gasteiger partial charge in [0, 0.05) is 5.69 Å². The Morgan fingerprint density at radius 3 is 2.55 bits per heavy atom. The Kier molecular flexibility index (Phi) is 5.41. The Balaban J connectivity index is 2.21. The normalized spacial score (nSPS) is 16.5. The van der Waals surface area contributed by atoms with Gasteiger partial charge < -0.3 is 19.9 Å². The van der Waals surface area contributed by atoms with Crippen LogP contribution in [0.15, 0.2) is 40.7 Å². The zero-order valence-corrected chi connectivity index (χ0v) is 12.8. The minimum atomic E-state index is -0.946. The van der Waals surface area contributed by atoms with Gasteiger partial charge in [-0.1, -0.05) is 0 Å². The van der Waals surface area contributed by atoms with E-state index in [9.17, 15) is 4.79 Å². The highest BCUT2D eigenvalue weighted by molar-refractivity contribution is 6.01. The number of carboxylic acid groups (broad SMARTS) is 1. The molecule has 22 heavy (non-hydrogen) atoms. The van der Waals surface area contributed by atoms with Gasteiger partial charge in [-0.2, -0.15) is 0 Å². The molecule has 0 amide bonds. The number of ether oxygens (including phenoxy) is 2. The van der Waals surface area contributed by atoms with E-state index in [1.54, 1.807) is 14.2 Å². The number of benzene rings is 1. The molecule has 0 fully saturated rings. The number of methoxy groups -OCH3 is 2. The molecular weight excluding hydrogens is 284 g/mol. The molecule has 0 spiro atoms. The van der Waals surface area contributed by atoms with Crippen LogP contribution < -0.4 is 10.1 Å². The fraction of sp³-hybridized carbons (Fsp3) is 0.375. The van der Waals surface area contributed by atoms with Crippen molar-refractivity contribution in [2.45, 2.75) is 19.3 Å². The summed E-state index contributed by atoms with van der Waals surface area (Å²) in [6.07, 6.45) is 2.47. The Labute approximate surface area is 129 Å². The quantitative estimate of drug-likeness (QED) is 0.844. The SMILES string of the molecule is COC1=C(Nc2ccc(OC)cc2)CCCC1=NCC(=O)O. The summed E-state index contributed by atoms with van der Waals surface area (Å²) in [4.78, 5) is 14.8. The van der Waals surface area contributed by atoms with Gasteiger partial charge in [-0.3, -0.25) is 9.79 Å². The number of hydrogen-bond donors (Lipinski definition) is 2. The van der Waals surface area contributed by atoms with E-state index in [0.717, 1.165) is 36.4 Å². The van der Waals surface area contributed by atoms with Crippen LogP contribution in [0.1, 0.15) is 19.3 Å². The third-order valence-corrected chi connectivity index (χ3v) is 3.37. The average Bonchev–Trinajstić information content (AvgIpc) is 2.53. The number of allylic oxidation sites excluding steroid dienone is 2. The lowest BCUT2D eigenvalue weighted by atomic mass is 10.00. The summed E-state index contributed by atoms with van der Waals surface area (Å²) in [6.45, 7) is -0.238. The maximum Gasteiger partial charge on any atom is 0.325 e. The van der Waals surface area contributed by atoms with Gasteiger partial charge in [0.2, 0.25) is 0 Å². The first-order chi connectivity index (χ1) is 10.6. The fourth-order valence-corrected chi connectivity index (χ4v) is 2.36. The van der Waals surface area contributed by atoms with Crippen LogP contribution in [-0.2, 0) is 9.53 Å². The third-order valence-electron chi connectivity index (χ3n) is 3.37. The van der Waals surface area contributed by atoms with Crippen molar-refractivity contribution in [2.75, 3.05) is 26.1 Å². The summed E-state index contributed by atoms with van der Waals surface area (Å²) in [6, 6.07) is 7.58. The molecule has 0 saturated carbocycles. The molecule has 118 valence electrons. The van der Waals surface area contributed by atoms with Crippen molar-refractivity contribution >= 4 is 17.4 Å². The van der Waals surface area contributed by atoms with Crippen LogP contribution in [0.3, 0.4) is 0 Å². The lowest BCUT2D eigenvalue weighted by Gasteiger charge is -2.22. The number of nitrogens with zero attached hydrogens (tertiary/aromatic N) is 1. The van der Waals surface area contributed by atoms with E-state index < -0.39 is 5.97 Å². The highest BCUT2D eigenvalue weighted by Gasteiger charge is 2.20. The first-order valence-corrected chi connectivity index (χ1v) is 7.07. The monoisotopic (exact) mass is 304 g/mol. The summed E-state index contributed by atoms with van der Waals surface area (Å²) in [5, 5.41) is 12.1. The second kappa shape index (κ2) is 7.49. The van der Waals surface area contributed by atoms with Gasteiger partial charge in [0.15, 0.2) is 5.76 Å². The van der Waals surface area contributed by atoms with E-state index >= 15 is 0 Å². The molecule has 2 rings (SSSR count). The van der Waals surface area contributed by atoms with Crippen molar-refractivity contribution in [1.29, 1.82) is 0 Å². The number of aliphatic imine (C=N–C) groups is 1. The predicted octanol–water partition coefficient (Wildman–Crippen LogP) is 2.67. The summed E-state index contributed by atoms with van der Waals surface area (Å²) in [7, 11) is 3.20. The van der Waals surface area contributed by atoms with Gasteiger partial charge in [0.05, 0.1) is 25.6 Å². The van der Waals surface area contributed by atoms with Crippen LogP contribution in [0, 0.1) is 0 Å². The first-order valence-electron chi connectivity index (χ1n) is 7.07. The zero-order valence-electron chi connectivity index (χ0n) is 12.8. The minimum Gasteiger partial charge on any atom is -0.497 e. The molecule has 1 aliphatic rings. The molecule has 1 aliphatic carbocycles. The van der Waals surface area contributed by atoms with Crippen molar-refractivity contribution in [3.63, 3.8) is 0 Å². The maximum atomic E-state index is 10.7. The highest BCUT2D eigenvalue weighted by Crippen LogP contribution is 2.26. The Morgan fingerprint density at radius 1 is 1.23 bits per heavy atom. The zero-order chi connectivity index (χ0) is 15.9. The van der Waals surface area contributed by atoms with Crippen molar-refractivity contribution in [3.05, 3.63) is 35.7 Å². The van der Waals surface area contributed by atoms with Gasteiger partial charge in [-0.05, 0) is 43.5 Å². The van der Waals surface area contributed by atoms with E-state index in [-0.39, 0.29) is 6.54 Å². The van der Waals surface area contributed by atoms with Crippen molar-refractivity contribution in [3.8, 4) is 5.75 Å². The second-order valence-electron chi connectivity index (χ2n) is 4.88. The Bertz CT molecular complexity index is 591. The molecule has 1 aromatic rings. The molecule has 0 aromatic heterocycles. The van der Waals surface area contributed by atoms with E-state index in [1.165, 1.54) is 0 Å². The fourth-order valence-electron chi connectivity index (χ4n) is 2.36. The van der Waals surface area contributed by atoms with Crippen molar-refractivity contribution in [2.24, 2.45) is 4.99 Å². The summed E-state index contributed by atoms with van der Waals surface area (Å²) in [5.41, 5.74) is 2.54. The molecule has 6 nitrogen and oxygen atoms in total. The topological polar surface area (TPSA) is 80.1 Å².